The summed E-state index contributed by atoms with van der Waals surface area (Å²) in [6.45, 7) is 7.79. The lowest BCUT2D eigenvalue weighted by Gasteiger charge is -2.25. The van der Waals surface area contributed by atoms with Crippen LogP contribution in [0, 0.1) is 5.92 Å². The highest BCUT2D eigenvalue weighted by molar-refractivity contribution is 5.77. The molecule has 1 fully saturated rings. The van der Waals surface area contributed by atoms with Crippen LogP contribution in [0.25, 0.3) is 11.0 Å². The maximum Gasteiger partial charge on any atom is 0.134 e. The van der Waals surface area contributed by atoms with E-state index in [1.54, 1.807) is 0 Å². The Labute approximate surface area is 121 Å². The van der Waals surface area contributed by atoms with Crippen molar-refractivity contribution in [3.63, 3.8) is 0 Å². The topological polar surface area (TPSA) is 25.2 Å². The number of benzene rings is 1. The molecule has 1 N–H and O–H groups in total. The smallest absolute Gasteiger partial charge is 0.134 e. The van der Waals surface area contributed by atoms with Crippen LogP contribution >= 0.6 is 0 Å². The van der Waals surface area contributed by atoms with Crippen LogP contribution in [0.15, 0.2) is 34.7 Å². The number of nitrogens with one attached hydrogen (secondary N) is 1. The van der Waals surface area contributed by atoms with E-state index in [0.29, 0.717) is 11.8 Å². The summed E-state index contributed by atoms with van der Waals surface area (Å²) >= 11 is 0. The fourth-order valence-corrected chi connectivity index (χ4v) is 3.28. The van der Waals surface area contributed by atoms with Gasteiger partial charge in [-0.1, -0.05) is 24.6 Å². The van der Waals surface area contributed by atoms with Gasteiger partial charge in [-0.2, -0.15) is 0 Å². The predicted molar refractivity (Wildman–Crippen MR) is 84.1 cm³/mol. The first kappa shape index (κ1) is 13.7. The molecule has 1 aromatic carbocycles. The second-order valence-electron chi connectivity index (χ2n) is 7.11. The van der Waals surface area contributed by atoms with Crippen LogP contribution in [0.2, 0.25) is 0 Å². The number of hydrogen-bond donors (Lipinski definition) is 1. The minimum atomic E-state index is 0.195. The van der Waals surface area contributed by atoms with Gasteiger partial charge in [-0.25, -0.2) is 0 Å². The molecule has 0 aliphatic heterocycles. The molecule has 2 aromatic rings. The molecule has 1 aromatic heterocycles. The summed E-state index contributed by atoms with van der Waals surface area (Å²) in [7, 11) is 0. The van der Waals surface area contributed by atoms with Crippen molar-refractivity contribution in [2.45, 2.75) is 51.5 Å². The Bertz CT molecular complexity index is 545. The largest absolute Gasteiger partial charge is 0.461 e. The monoisotopic (exact) mass is 271 g/mol. The van der Waals surface area contributed by atoms with E-state index in [0.717, 1.165) is 12.1 Å². The van der Waals surface area contributed by atoms with Crippen LogP contribution in [-0.2, 0) is 0 Å². The molecule has 1 aliphatic rings. The van der Waals surface area contributed by atoms with Gasteiger partial charge in [0.2, 0.25) is 0 Å². The third kappa shape index (κ3) is 2.90. The van der Waals surface area contributed by atoms with Crippen molar-refractivity contribution in [1.82, 2.24) is 5.32 Å². The van der Waals surface area contributed by atoms with Crippen LogP contribution in [0.4, 0.5) is 0 Å². The summed E-state index contributed by atoms with van der Waals surface area (Å²) < 4.78 is 6.09. The van der Waals surface area contributed by atoms with Gasteiger partial charge in [0.15, 0.2) is 0 Å². The van der Waals surface area contributed by atoms with Crippen LogP contribution in [0.1, 0.15) is 51.7 Å². The average molecular weight is 271 g/mol. The van der Waals surface area contributed by atoms with E-state index in [-0.39, 0.29) is 5.54 Å². The zero-order chi connectivity index (χ0) is 14.2. The molecule has 20 heavy (non-hydrogen) atoms. The van der Waals surface area contributed by atoms with Gasteiger partial charge in [0.1, 0.15) is 11.3 Å². The molecule has 2 unspecified atom stereocenters. The van der Waals surface area contributed by atoms with Crippen LogP contribution in [0.5, 0.6) is 0 Å². The van der Waals surface area contributed by atoms with Crippen LogP contribution in [-0.4, -0.2) is 12.1 Å². The van der Waals surface area contributed by atoms with Gasteiger partial charge in [-0.05, 0) is 58.2 Å². The molecule has 0 spiro atoms. The fourth-order valence-electron chi connectivity index (χ4n) is 3.28. The van der Waals surface area contributed by atoms with Crippen molar-refractivity contribution in [3.8, 4) is 0 Å². The van der Waals surface area contributed by atoms with E-state index in [1.807, 2.05) is 6.07 Å². The standard InChI is InChI=1S/C18H25NO/c1-18(2,3)19-12-14-8-6-9-15(14)17-11-13-7-4-5-10-16(13)20-17/h4-5,7,10-11,14-15,19H,6,8-9,12H2,1-3H3. The van der Waals surface area contributed by atoms with E-state index >= 15 is 0 Å². The molecule has 0 amide bonds. The predicted octanol–water partition coefficient (Wildman–Crippen LogP) is 4.70. The highest BCUT2D eigenvalue weighted by Gasteiger charge is 2.31. The van der Waals surface area contributed by atoms with Crippen molar-refractivity contribution in [3.05, 3.63) is 36.1 Å². The summed E-state index contributed by atoms with van der Waals surface area (Å²) in [4.78, 5) is 0. The lowest BCUT2D eigenvalue weighted by Crippen LogP contribution is -2.39. The molecule has 1 saturated carbocycles. The van der Waals surface area contributed by atoms with E-state index in [4.69, 9.17) is 4.42 Å². The maximum atomic E-state index is 6.09. The van der Waals surface area contributed by atoms with Gasteiger partial charge in [0.25, 0.3) is 0 Å². The molecule has 1 heterocycles. The van der Waals surface area contributed by atoms with Gasteiger partial charge in [0.05, 0.1) is 0 Å². The first-order chi connectivity index (χ1) is 9.53. The summed E-state index contributed by atoms with van der Waals surface area (Å²) in [5.41, 5.74) is 1.22. The molecule has 0 bridgehead atoms. The zero-order valence-corrected chi connectivity index (χ0v) is 12.8. The van der Waals surface area contributed by atoms with Crippen molar-refractivity contribution >= 4 is 11.0 Å². The molecule has 108 valence electrons. The van der Waals surface area contributed by atoms with Gasteiger partial charge in [-0.15, -0.1) is 0 Å². The van der Waals surface area contributed by atoms with Crippen molar-refractivity contribution in [1.29, 1.82) is 0 Å². The summed E-state index contributed by atoms with van der Waals surface area (Å²) in [6, 6.07) is 10.6. The number of furan rings is 1. The lowest BCUT2D eigenvalue weighted by atomic mass is 9.92. The molecule has 0 radical (unpaired) electrons. The number of rotatable bonds is 3. The Kier molecular flexibility index (Phi) is 3.59. The average Bonchev–Trinajstić information content (AvgIpc) is 3.01. The van der Waals surface area contributed by atoms with Gasteiger partial charge in [0, 0.05) is 16.8 Å². The normalized spacial score (nSPS) is 23.6. The molecule has 1 aliphatic carbocycles. The molecular weight excluding hydrogens is 246 g/mol. The number of para-hydroxylation sites is 1. The third-order valence-electron chi connectivity index (χ3n) is 4.36. The Morgan fingerprint density at radius 2 is 2.00 bits per heavy atom. The molecule has 2 atom stereocenters. The second kappa shape index (κ2) is 5.25. The SMILES string of the molecule is CC(C)(C)NCC1CCCC1c1cc2ccccc2o1. The molecule has 2 heteroatoms. The third-order valence-corrected chi connectivity index (χ3v) is 4.36. The van der Waals surface area contributed by atoms with E-state index in [2.05, 4.69) is 50.4 Å². The first-order valence-electron chi connectivity index (χ1n) is 7.76. The summed E-state index contributed by atoms with van der Waals surface area (Å²) in [5, 5.41) is 4.89. The van der Waals surface area contributed by atoms with Crippen LogP contribution in [0.3, 0.4) is 0 Å². The number of fused-ring (bicyclic) bond motifs is 1. The Hall–Kier alpha value is -1.28. The van der Waals surface area contributed by atoms with E-state index in [1.165, 1.54) is 30.4 Å². The van der Waals surface area contributed by atoms with Crippen molar-refractivity contribution < 1.29 is 4.42 Å². The molecule has 2 nitrogen and oxygen atoms in total. The second-order valence-corrected chi connectivity index (χ2v) is 7.11. The van der Waals surface area contributed by atoms with Gasteiger partial charge < -0.3 is 9.73 Å². The van der Waals surface area contributed by atoms with Gasteiger partial charge in [-0.3, -0.25) is 0 Å². The summed E-state index contributed by atoms with van der Waals surface area (Å²) in [6.07, 6.45) is 3.89. The first-order valence-corrected chi connectivity index (χ1v) is 7.76. The highest BCUT2D eigenvalue weighted by Crippen LogP contribution is 2.41. The zero-order valence-electron chi connectivity index (χ0n) is 12.8. The van der Waals surface area contributed by atoms with Crippen LogP contribution < -0.4 is 5.32 Å². The Morgan fingerprint density at radius 3 is 2.75 bits per heavy atom. The van der Waals surface area contributed by atoms with Gasteiger partial charge >= 0.3 is 0 Å². The summed E-state index contributed by atoms with van der Waals surface area (Å²) in [5.74, 6) is 2.47. The fraction of sp³-hybridized carbons (Fsp3) is 0.556. The van der Waals surface area contributed by atoms with E-state index < -0.39 is 0 Å². The molecule has 3 rings (SSSR count). The maximum absolute atomic E-state index is 6.09. The number of hydrogen-bond acceptors (Lipinski definition) is 2. The Balaban J connectivity index is 1.77. The lowest BCUT2D eigenvalue weighted by molar-refractivity contribution is 0.338. The van der Waals surface area contributed by atoms with Crippen molar-refractivity contribution in [2.75, 3.05) is 6.54 Å². The molecular formula is C18H25NO. The van der Waals surface area contributed by atoms with E-state index in [9.17, 15) is 0 Å². The molecule has 0 saturated heterocycles. The highest BCUT2D eigenvalue weighted by atomic mass is 16.3. The van der Waals surface area contributed by atoms with Crippen molar-refractivity contribution in [2.24, 2.45) is 5.92 Å². The minimum Gasteiger partial charge on any atom is -0.461 e. The minimum absolute atomic E-state index is 0.195. The Morgan fingerprint density at radius 1 is 1.20 bits per heavy atom. The quantitative estimate of drug-likeness (QED) is 0.875.